The van der Waals surface area contributed by atoms with Crippen LogP contribution in [-0.4, -0.2) is 56.5 Å². The van der Waals surface area contributed by atoms with E-state index < -0.39 is 0 Å². The summed E-state index contributed by atoms with van der Waals surface area (Å²) in [5, 5.41) is 17.3. The van der Waals surface area contributed by atoms with Gasteiger partial charge in [0.15, 0.2) is 0 Å². The first-order chi connectivity index (χ1) is 27.1. The highest BCUT2D eigenvalue weighted by Crippen LogP contribution is 2.35. The summed E-state index contributed by atoms with van der Waals surface area (Å²) < 4.78 is 21.4. The van der Waals surface area contributed by atoms with Crippen molar-refractivity contribution in [3.05, 3.63) is 70.8 Å². The molecule has 7 atom stereocenters. The fraction of sp³-hybridized carbons (Fsp3) is 0.674. The summed E-state index contributed by atoms with van der Waals surface area (Å²) in [6, 6.07) is 6.65. The number of halogens is 1. The molecule has 1 aliphatic carbocycles. The number of hydrogen-bond acceptors (Lipinski definition) is 6. The van der Waals surface area contributed by atoms with Gasteiger partial charge < -0.3 is 25.8 Å². The van der Waals surface area contributed by atoms with Crippen LogP contribution < -0.4 is 10.6 Å². The molecule has 3 aromatic rings. The van der Waals surface area contributed by atoms with Crippen LogP contribution in [0.15, 0.2) is 36.7 Å². The third-order valence-corrected chi connectivity index (χ3v) is 11.3. The highest BCUT2D eigenvalue weighted by atomic mass is 19.1. The molecule has 1 aliphatic heterocycles. The topological polar surface area (TPSA) is 138 Å². The molecule has 5 rings (SSSR count). The van der Waals surface area contributed by atoms with Crippen molar-refractivity contribution < 1.29 is 18.7 Å². The predicted molar refractivity (Wildman–Crippen MR) is 233 cm³/mol. The van der Waals surface area contributed by atoms with Gasteiger partial charge in [0.2, 0.25) is 5.91 Å². The van der Waals surface area contributed by atoms with E-state index in [9.17, 15) is 14.0 Å². The highest BCUT2D eigenvalue weighted by Gasteiger charge is 2.32. The number of imidazole rings is 1. The van der Waals surface area contributed by atoms with E-state index >= 15 is 0 Å². The molecule has 322 valence electrons. The van der Waals surface area contributed by atoms with Gasteiger partial charge in [0.05, 0.1) is 24.0 Å². The van der Waals surface area contributed by atoms with Crippen molar-refractivity contribution in [1.29, 1.82) is 5.41 Å². The lowest BCUT2D eigenvalue weighted by atomic mass is 9.79. The second-order valence-corrected chi connectivity index (χ2v) is 15.8. The Hall–Kier alpha value is -3.86. The Bertz CT molecular complexity index is 1570. The molecule has 2 aromatic heterocycles. The fourth-order valence-electron chi connectivity index (χ4n) is 6.34. The number of aromatic amines is 1. The number of carbonyl (C=O) groups is 2. The molecule has 0 bridgehead atoms. The van der Waals surface area contributed by atoms with Gasteiger partial charge >= 0.3 is 0 Å². The zero-order valence-corrected chi connectivity index (χ0v) is 37.7. The second kappa shape index (κ2) is 27.7. The second-order valence-electron chi connectivity index (χ2n) is 15.8. The number of fused-ring (bicyclic) bond motifs is 1. The number of H-pyrrole nitrogens is 1. The van der Waals surface area contributed by atoms with E-state index in [4.69, 9.17) is 10.1 Å². The van der Waals surface area contributed by atoms with E-state index in [0.717, 1.165) is 79.5 Å². The van der Waals surface area contributed by atoms with Crippen molar-refractivity contribution in [3.63, 3.8) is 0 Å². The standard InChI is InChI=1S/C20H22FN5O.C10H22O.C8H17N.C6H11NO.C2H6/c1-12-22-11-17(24-12)19(25-20(27)18-8-9-23-26(18)2)14-7-6-13-4-3-5-16(21)15(13)10-14;1-5-9(3)7-8-11-10(4)6-2;1-5-6(2)7(3)8(4)9;1-5-2-3-6(8)7-4-5;1-2/h3-5,8-9,11,14,19H,6-7,10H2,1-2H3,(H,22,24)(H,25,27);9-10H,5-8H2,1-4H3;6-7,9H,5H2,1-4H3;5H,2-4H2,1H3,(H,7,8);1-2H3. The van der Waals surface area contributed by atoms with Crippen LogP contribution in [0.25, 0.3) is 0 Å². The van der Waals surface area contributed by atoms with Crippen molar-refractivity contribution in [2.45, 2.75) is 153 Å². The molecule has 0 radical (unpaired) electrons. The first-order valence-electron chi connectivity index (χ1n) is 21.6. The van der Waals surface area contributed by atoms with Crippen LogP contribution in [0, 0.1) is 47.7 Å². The summed E-state index contributed by atoms with van der Waals surface area (Å²) in [4.78, 5) is 30.8. The minimum Gasteiger partial charge on any atom is -0.379 e. The Morgan fingerprint density at radius 2 is 1.77 bits per heavy atom. The number of ether oxygens (including phenoxy) is 1. The number of benzene rings is 1. The molecule has 4 N–H and O–H groups in total. The van der Waals surface area contributed by atoms with Gasteiger partial charge in [0.25, 0.3) is 5.91 Å². The molecule has 1 aromatic carbocycles. The molecule has 7 unspecified atom stereocenters. The lowest BCUT2D eigenvalue weighted by molar-refractivity contribution is -0.122. The lowest BCUT2D eigenvalue weighted by Crippen LogP contribution is -2.37. The number of aryl methyl sites for hydroxylation is 3. The molecule has 1 saturated heterocycles. The number of hydrogen-bond donors (Lipinski definition) is 4. The molecular weight excluding hydrogens is 718 g/mol. The molecule has 3 heterocycles. The summed E-state index contributed by atoms with van der Waals surface area (Å²) in [5.74, 6) is 3.34. The smallest absolute Gasteiger partial charge is 0.270 e. The van der Waals surface area contributed by atoms with Crippen LogP contribution in [0.1, 0.15) is 160 Å². The summed E-state index contributed by atoms with van der Waals surface area (Å²) in [7, 11) is 1.73. The van der Waals surface area contributed by atoms with Gasteiger partial charge in [-0.2, -0.15) is 5.10 Å². The number of nitrogens with one attached hydrogen (secondary N) is 4. The Morgan fingerprint density at radius 1 is 1.07 bits per heavy atom. The zero-order chi connectivity index (χ0) is 43.1. The van der Waals surface area contributed by atoms with Gasteiger partial charge in [-0.3, -0.25) is 14.3 Å². The normalized spacial score (nSPS) is 18.3. The van der Waals surface area contributed by atoms with Crippen molar-refractivity contribution >= 4 is 17.5 Å². The Balaban J connectivity index is 0.000000446. The van der Waals surface area contributed by atoms with E-state index in [2.05, 4.69) is 81.1 Å². The monoisotopic (exact) mass is 796 g/mol. The van der Waals surface area contributed by atoms with Crippen LogP contribution >= 0.6 is 0 Å². The molecule has 0 saturated carbocycles. The van der Waals surface area contributed by atoms with Crippen LogP contribution in [0.2, 0.25) is 0 Å². The SMILES string of the molecule is CC.CC1CCC(=O)NC1.CCC(C)C(C)C(C)=N.CCC(C)CCOC(C)CC.Cc1ncc(C(NC(=O)c2ccnn2C)C2CCc3cccc(F)c3C2)[nH]1. The molecule has 1 fully saturated rings. The largest absolute Gasteiger partial charge is 0.379 e. The number of aromatic nitrogens is 4. The van der Waals surface area contributed by atoms with E-state index in [-0.39, 0.29) is 29.6 Å². The molecule has 57 heavy (non-hydrogen) atoms. The van der Waals surface area contributed by atoms with Crippen LogP contribution in [-0.2, 0) is 29.4 Å². The average molecular weight is 796 g/mol. The number of rotatable bonds is 13. The minimum atomic E-state index is -0.277. The van der Waals surface area contributed by atoms with Gasteiger partial charge in [-0.1, -0.05) is 87.3 Å². The molecule has 0 spiro atoms. The maximum atomic E-state index is 14.3. The van der Waals surface area contributed by atoms with E-state index in [0.29, 0.717) is 36.0 Å². The number of amides is 2. The van der Waals surface area contributed by atoms with Crippen LogP contribution in [0.3, 0.4) is 0 Å². The third kappa shape index (κ3) is 18.5. The van der Waals surface area contributed by atoms with Crippen molar-refractivity contribution in [2.24, 2.45) is 36.6 Å². The van der Waals surface area contributed by atoms with Crippen LogP contribution in [0.4, 0.5) is 4.39 Å². The maximum absolute atomic E-state index is 14.3. The van der Waals surface area contributed by atoms with Gasteiger partial charge in [-0.25, -0.2) is 9.37 Å². The minimum absolute atomic E-state index is 0.0754. The van der Waals surface area contributed by atoms with E-state index in [1.807, 2.05) is 33.8 Å². The summed E-state index contributed by atoms with van der Waals surface area (Å²) in [5.41, 5.74) is 3.95. The third-order valence-electron chi connectivity index (χ3n) is 11.3. The molecule has 10 nitrogen and oxygen atoms in total. The van der Waals surface area contributed by atoms with E-state index in [1.54, 1.807) is 36.3 Å². The van der Waals surface area contributed by atoms with Gasteiger partial charge in [0, 0.05) is 38.5 Å². The average Bonchev–Trinajstić information content (AvgIpc) is 3.86. The molecule has 2 amide bonds. The Labute approximate surface area is 344 Å². The lowest BCUT2D eigenvalue weighted by Gasteiger charge is -2.31. The number of carbonyl (C=O) groups excluding carboxylic acids is 2. The first-order valence-corrected chi connectivity index (χ1v) is 21.6. The molecule has 11 heteroatoms. The molecule has 2 aliphatic rings. The van der Waals surface area contributed by atoms with Crippen molar-refractivity contribution in [2.75, 3.05) is 13.2 Å². The fourth-order valence-corrected chi connectivity index (χ4v) is 6.34. The maximum Gasteiger partial charge on any atom is 0.270 e. The summed E-state index contributed by atoms with van der Waals surface area (Å²) in [6.45, 7) is 27.0. The first kappa shape index (κ1) is 51.2. The summed E-state index contributed by atoms with van der Waals surface area (Å²) >= 11 is 0. The van der Waals surface area contributed by atoms with Gasteiger partial charge in [-0.05, 0) is 112 Å². The van der Waals surface area contributed by atoms with Crippen LogP contribution in [0.5, 0.6) is 0 Å². The predicted octanol–water partition coefficient (Wildman–Crippen LogP) is 10.4. The van der Waals surface area contributed by atoms with E-state index in [1.165, 1.54) is 25.3 Å². The quantitative estimate of drug-likeness (QED) is 0.128. The zero-order valence-electron chi connectivity index (χ0n) is 37.7. The number of piperidine rings is 1. The summed E-state index contributed by atoms with van der Waals surface area (Å²) in [6.07, 6.45) is 12.6. The Kier molecular flexibility index (Phi) is 24.9. The van der Waals surface area contributed by atoms with Crippen molar-refractivity contribution in [3.8, 4) is 0 Å². The highest BCUT2D eigenvalue weighted by molar-refractivity contribution is 5.92. The van der Waals surface area contributed by atoms with Crippen molar-refractivity contribution in [1.82, 2.24) is 30.4 Å². The van der Waals surface area contributed by atoms with Gasteiger partial charge in [-0.15, -0.1) is 0 Å². The number of nitrogens with zero attached hydrogens (tertiary/aromatic N) is 3. The van der Waals surface area contributed by atoms with Gasteiger partial charge in [0.1, 0.15) is 17.3 Å². The Morgan fingerprint density at radius 3 is 2.26 bits per heavy atom. The molecular formula is C46H78FN7O3.